The van der Waals surface area contributed by atoms with E-state index in [2.05, 4.69) is 4.72 Å². The number of hydrogen-bond acceptors (Lipinski definition) is 5. The van der Waals surface area contributed by atoms with Gasteiger partial charge in [-0.2, -0.15) is 0 Å². The molecular weight excluding hydrogens is 284 g/mol. The van der Waals surface area contributed by atoms with Gasteiger partial charge in [0.1, 0.15) is 12.6 Å². The van der Waals surface area contributed by atoms with Crippen LogP contribution in [0.3, 0.4) is 0 Å². The number of sulfonamides is 1. The lowest BCUT2D eigenvalue weighted by atomic mass is 10.0. The minimum atomic E-state index is -3.50. The number of carbonyl (C=O) groups excluding carboxylic acids is 2. The van der Waals surface area contributed by atoms with Crippen molar-refractivity contribution in [3.8, 4) is 0 Å². The van der Waals surface area contributed by atoms with Gasteiger partial charge in [0.25, 0.3) is 0 Å². The van der Waals surface area contributed by atoms with Crippen LogP contribution in [0, 0.1) is 5.92 Å². The highest BCUT2D eigenvalue weighted by Crippen LogP contribution is 2.08. The van der Waals surface area contributed by atoms with Gasteiger partial charge in [-0.05, 0) is 19.3 Å². The Morgan fingerprint density at radius 3 is 2.25 bits per heavy atom. The SMILES string of the molecule is CCOC(=O)CN(C)C(=O)C(CC(C)C)NS(C)(=O)=O. The maximum absolute atomic E-state index is 12.2. The number of nitrogens with zero attached hydrogens (tertiary/aromatic N) is 1. The molecule has 20 heavy (non-hydrogen) atoms. The molecule has 1 amide bonds. The molecule has 0 aliphatic carbocycles. The lowest BCUT2D eigenvalue weighted by Gasteiger charge is -2.24. The number of carbonyl (C=O) groups is 2. The van der Waals surface area contributed by atoms with Crippen molar-refractivity contribution in [3.05, 3.63) is 0 Å². The summed E-state index contributed by atoms with van der Waals surface area (Å²) in [6.45, 7) is 5.47. The van der Waals surface area contributed by atoms with Gasteiger partial charge in [-0.3, -0.25) is 9.59 Å². The summed E-state index contributed by atoms with van der Waals surface area (Å²) in [5, 5.41) is 0. The Labute approximate surface area is 120 Å². The van der Waals surface area contributed by atoms with Gasteiger partial charge in [0.05, 0.1) is 12.9 Å². The number of likely N-dealkylation sites (N-methyl/N-ethyl adjacent to an activating group) is 1. The number of amides is 1. The molecule has 7 nitrogen and oxygen atoms in total. The summed E-state index contributed by atoms with van der Waals surface area (Å²) in [7, 11) is -2.06. The highest BCUT2D eigenvalue weighted by atomic mass is 32.2. The van der Waals surface area contributed by atoms with Gasteiger partial charge in [-0.1, -0.05) is 13.8 Å². The van der Waals surface area contributed by atoms with Crippen molar-refractivity contribution in [1.82, 2.24) is 9.62 Å². The second-order valence-corrected chi connectivity index (χ2v) is 6.85. The van der Waals surface area contributed by atoms with Gasteiger partial charge in [-0.15, -0.1) is 0 Å². The molecule has 0 aliphatic heterocycles. The van der Waals surface area contributed by atoms with E-state index < -0.39 is 27.9 Å². The molecule has 0 aromatic heterocycles. The molecule has 0 fully saturated rings. The summed E-state index contributed by atoms with van der Waals surface area (Å²) in [5.74, 6) is -0.836. The van der Waals surface area contributed by atoms with Gasteiger partial charge in [0.2, 0.25) is 15.9 Å². The molecular formula is C12H24N2O5S. The first-order valence-corrected chi connectivity index (χ1v) is 8.33. The van der Waals surface area contributed by atoms with Crippen molar-refractivity contribution in [2.24, 2.45) is 5.92 Å². The van der Waals surface area contributed by atoms with Crippen molar-refractivity contribution >= 4 is 21.9 Å². The van der Waals surface area contributed by atoms with Crippen LogP contribution in [0.5, 0.6) is 0 Å². The number of esters is 1. The second kappa shape index (κ2) is 8.21. The Kier molecular flexibility index (Phi) is 7.74. The third kappa shape index (κ3) is 8.11. The third-order valence-corrected chi connectivity index (χ3v) is 3.12. The van der Waals surface area contributed by atoms with Crippen LogP contribution in [-0.4, -0.2) is 57.7 Å². The topological polar surface area (TPSA) is 92.8 Å². The van der Waals surface area contributed by atoms with Gasteiger partial charge >= 0.3 is 5.97 Å². The Bertz CT molecular complexity index is 433. The van der Waals surface area contributed by atoms with E-state index in [1.54, 1.807) is 6.92 Å². The lowest BCUT2D eigenvalue weighted by Crippen LogP contribution is -2.48. The third-order valence-electron chi connectivity index (χ3n) is 2.41. The van der Waals surface area contributed by atoms with Crippen LogP contribution in [0.4, 0.5) is 0 Å². The molecule has 118 valence electrons. The molecule has 1 unspecified atom stereocenters. The fraction of sp³-hybridized carbons (Fsp3) is 0.833. The normalized spacial score (nSPS) is 13.1. The molecule has 0 heterocycles. The van der Waals surface area contributed by atoms with E-state index in [0.29, 0.717) is 6.42 Å². The Hall–Kier alpha value is -1.15. The van der Waals surface area contributed by atoms with Gasteiger partial charge in [-0.25, -0.2) is 13.1 Å². The van der Waals surface area contributed by atoms with Crippen LogP contribution < -0.4 is 4.72 Å². The zero-order valence-corrected chi connectivity index (χ0v) is 13.5. The van der Waals surface area contributed by atoms with E-state index >= 15 is 0 Å². The average Bonchev–Trinajstić information content (AvgIpc) is 2.24. The van der Waals surface area contributed by atoms with Gasteiger partial charge in [0, 0.05) is 7.05 Å². The monoisotopic (exact) mass is 308 g/mol. The van der Waals surface area contributed by atoms with Gasteiger partial charge < -0.3 is 9.64 Å². The smallest absolute Gasteiger partial charge is 0.325 e. The molecule has 0 rings (SSSR count). The molecule has 0 saturated carbocycles. The first kappa shape index (κ1) is 18.9. The van der Waals surface area contributed by atoms with E-state index in [1.807, 2.05) is 13.8 Å². The average molecular weight is 308 g/mol. The van der Waals surface area contributed by atoms with Crippen molar-refractivity contribution in [1.29, 1.82) is 0 Å². The largest absolute Gasteiger partial charge is 0.465 e. The fourth-order valence-corrected chi connectivity index (χ4v) is 2.39. The van der Waals surface area contributed by atoms with Crippen LogP contribution in [0.2, 0.25) is 0 Å². The zero-order valence-electron chi connectivity index (χ0n) is 12.7. The van der Waals surface area contributed by atoms with Crippen molar-refractivity contribution in [2.75, 3.05) is 26.5 Å². The summed E-state index contributed by atoms with van der Waals surface area (Å²) in [4.78, 5) is 24.7. The maximum atomic E-state index is 12.2. The maximum Gasteiger partial charge on any atom is 0.325 e. The minimum absolute atomic E-state index is 0.134. The minimum Gasteiger partial charge on any atom is -0.465 e. The molecule has 0 spiro atoms. The molecule has 0 aromatic carbocycles. The van der Waals surface area contributed by atoms with Crippen LogP contribution in [0.25, 0.3) is 0 Å². The Balaban J connectivity index is 4.80. The van der Waals surface area contributed by atoms with Crippen molar-refractivity contribution in [2.45, 2.75) is 33.2 Å². The van der Waals surface area contributed by atoms with E-state index in [4.69, 9.17) is 4.74 Å². The molecule has 8 heteroatoms. The molecule has 1 N–H and O–H groups in total. The highest BCUT2D eigenvalue weighted by Gasteiger charge is 2.27. The first-order chi connectivity index (χ1) is 9.06. The molecule has 1 atom stereocenters. The number of ether oxygens (including phenoxy) is 1. The van der Waals surface area contributed by atoms with Crippen molar-refractivity contribution in [3.63, 3.8) is 0 Å². The van der Waals surface area contributed by atoms with E-state index in [1.165, 1.54) is 11.9 Å². The summed E-state index contributed by atoms with van der Waals surface area (Å²) < 4.78 is 29.7. The number of nitrogens with one attached hydrogen (secondary N) is 1. The molecule has 0 aromatic rings. The Morgan fingerprint density at radius 1 is 1.30 bits per heavy atom. The summed E-state index contributed by atoms with van der Waals surface area (Å²) >= 11 is 0. The molecule has 0 saturated heterocycles. The molecule has 0 aliphatic rings. The summed E-state index contributed by atoms with van der Waals surface area (Å²) in [6.07, 6.45) is 1.36. The number of hydrogen-bond donors (Lipinski definition) is 1. The Morgan fingerprint density at radius 2 is 1.85 bits per heavy atom. The quantitative estimate of drug-likeness (QED) is 0.636. The molecule has 0 bridgehead atoms. The second-order valence-electron chi connectivity index (χ2n) is 5.07. The van der Waals surface area contributed by atoms with Crippen LogP contribution in [0.1, 0.15) is 27.2 Å². The van der Waals surface area contributed by atoms with Gasteiger partial charge in [0.15, 0.2) is 0 Å². The molecule has 0 radical (unpaired) electrons. The standard InChI is InChI=1S/C12H24N2O5S/c1-6-19-11(15)8-14(4)12(16)10(7-9(2)3)13-20(5,17)18/h9-10,13H,6-8H2,1-5H3. The van der Waals surface area contributed by atoms with E-state index in [-0.39, 0.29) is 19.1 Å². The fourth-order valence-electron chi connectivity index (χ4n) is 1.67. The predicted molar refractivity (Wildman–Crippen MR) is 75.5 cm³/mol. The van der Waals surface area contributed by atoms with E-state index in [9.17, 15) is 18.0 Å². The highest BCUT2D eigenvalue weighted by molar-refractivity contribution is 7.88. The number of rotatable bonds is 8. The van der Waals surface area contributed by atoms with Crippen molar-refractivity contribution < 1.29 is 22.7 Å². The summed E-state index contributed by atoms with van der Waals surface area (Å²) in [6, 6.07) is -0.871. The lowest BCUT2D eigenvalue weighted by molar-refractivity contribution is -0.148. The van der Waals surface area contributed by atoms with Crippen LogP contribution in [0.15, 0.2) is 0 Å². The van der Waals surface area contributed by atoms with Crippen LogP contribution >= 0.6 is 0 Å². The van der Waals surface area contributed by atoms with E-state index in [0.717, 1.165) is 6.26 Å². The first-order valence-electron chi connectivity index (χ1n) is 6.44. The predicted octanol–water partition coefficient (Wildman–Crippen LogP) is -0.0282. The zero-order chi connectivity index (χ0) is 15.9. The van der Waals surface area contributed by atoms with Crippen LogP contribution in [-0.2, 0) is 24.3 Å². The summed E-state index contributed by atoms with van der Waals surface area (Å²) in [5.41, 5.74) is 0.